The molecule has 1 saturated carbocycles. The standard InChI is InChI=1S/C21H23ClN2O3S/c22-17-11-14(12-18-19(17)27-10-4-9-26-18)13-24-20(25)16-7-3-8-23-21(16)28-15-5-1-2-6-15/h3,7-8,11-12,15H,1-2,4-6,9-10,13H2,(H,24,25). The van der Waals surface area contributed by atoms with Crippen molar-refractivity contribution < 1.29 is 14.3 Å². The number of thioether (sulfide) groups is 1. The van der Waals surface area contributed by atoms with Crippen LogP contribution in [0, 0.1) is 0 Å². The van der Waals surface area contributed by atoms with Gasteiger partial charge in [0.1, 0.15) is 5.03 Å². The molecule has 5 nitrogen and oxygen atoms in total. The molecule has 148 valence electrons. The molecule has 7 heteroatoms. The van der Waals surface area contributed by atoms with E-state index in [1.807, 2.05) is 18.2 Å². The van der Waals surface area contributed by atoms with Gasteiger partial charge in [0.15, 0.2) is 11.5 Å². The maximum Gasteiger partial charge on any atom is 0.254 e. The Morgan fingerprint density at radius 1 is 1.21 bits per heavy atom. The van der Waals surface area contributed by atoms with E-state index in [4.69, 9.17) is 21.1 Å². The molecule has 1 amide bonds. The van der Waals surface area contributed by atoms with Gasteiger partial charge in [0, 0.05) is 24.4 Å². The van der Waals surface area contributed by atoms with E-state index in [1.165, 1.54) is 25.7 Å². The first kappa shape index (κ1) is 19.4. The minimum absolute atomic E-state index is 0.128. The van der Waals surface area contributed by atoms with Crippen LogP contribution < -0.4 is 14.8 Å². The average Bonchev–Trinajstić information content (AvgIpc) is 3.09. The fourth-order valence-electron chi connectivity index (χ4n) is 3.49. The number of hydrogen-bond donors (Lipinski definition) is 1. The van der Waals surface area contributed by atoms with Crippen LogP contribution in [-0.2, 0) is 6.54 Å². The Hall–Kier alpha value is -1.92. The minimum atomic E-state index is -0.128. The summed E-state index contributed by atoms with van der Waals surface area (Å²) in [5.74, 6) is 1.08. The highest BCUT2D eigenvalue weighted by molar-refractivity contribution is 7.99. The van der Waals surface area contributed by atoms with Gasteiger partial charge in [-0.15, -0.1) is 11.8 Å². The smallest absolute Gasteiger partial charge is 0.254 e. The van der Waals surface area contributed by atoms with E-state index in [1.54, 1.807) is 24.0 Å². The highest BCUT2D eigenvalue weighted by atomic mass is 35.5. The van der Waals surface area contributed by atoms with Gasteiger partial charge in [-0.2, -0.15) is 0 Å². The van der Waals surface area contributed by atoms with E-state index in [0.717, 1.165) is 17.0 Å². The molecule has 2 aromatic rings. The monoisotopic (exact) mass is 418 g/mol. The van der Waals surface area contributed by atoms with Gasteiger partial charge in [-0.1, -0.05) is 24.4 Å². The Morgan fingerprint density at radius 2 is 2.04 bits per heavy atom. The Labute approximate surface area is 174 Å². The molecule has 28 heavy (non-hydrogen) atoms. The molecule has 2 aliphatic rings. The Morgan fingerprint density at radius 3 is 2.89 bits per heavy atom. The van der Waals surface area contributed by atoms with Gasteiger partial charge >= 0.3 is 0 Å². The second-order valence-electron chi connectivity index (χ2n) is 7.02. The van der Waals surface area contributed by atoms with E-state index in [-0.39, 0.29) is 5.91 Å². The lowest BCUT2D eigenvalue weighted by atomic mass is 10.2. The number of halogens is 1. The lowest BCUT2D eigenvalue weighted by Gasteiger charge is -2.14. The fraction of sp³-hybridized carbons (Fsp3) is 0.429. The molecule has 1 N–H and O–H groups in total. The summed E-state index contributed by atoms with van der Waals surface area (Å²) in [6.07, 6.45) is 7.47. The molecule has 4 rings (SSSR count). The number of ether oxygens (including phenoxy) is 2. The van der Waals surface area contributed by atoms with E-state index in [9.17, 15) is 4.79 Å². The average molecular weight is 419 g/mol. The third-order valence-corrected chi connectivity index (χ3v) is 6.55. The summed E-state index contributed by atoms with van der Waals surface area (Å²) in [5, 5.41) is 4.85. The molecule has 2 heterocycles. The van der Waals surface area contributed by atoms with Crippen LogP contribution in [0.15, 0.2) is 35.5 Å². The quantitative estimate of drug-likeness (QED) is 0.751. The first-order valence-corrected chi connectivity index (χ1v) is 10.9. The fourth-order valence-corrected chi connectivity index (χ4v) is 5.07. The van der Waals surface area contributed by atoms with Crippen molar-refractivity contribution in [3.63, 3.8) is 0 Å². The second-order valence-corrected chi connectivity index (χ2v) is 8.71. The predicted octanol–water partition coefficient (Wildman–Crippen LogP) is 4.86. The number of carbonyl (C=O) groups excluding carboxylic acids is 1. The summed E-state index contributed by atoms with van der Waals surface area (Å²) < 4.78 is 11.4. The number of nitrogens with one attached hydrogen (secondary N) is 1. The zero-order valence-corrected chi connectivity index (χ0v) is 17.2. The number of hydrogen-bond acceptors (Lipinski definition) is 5. The number of amides is 1. The highest BCUT2D eigenvalue weighted by Gasteiger charge is 2.21. The normalized spacial score (nSPS) is 16.6. The highest BCUT2D eigenvalue weighted by Crippen LogP contribution is 2.38. The Balaban J connectivity index is 1.45. The van der Waals surface area contributed by atoms with Crippen LogP contribution in [0.3, 0.4) is 0 Å². The molecular formula is C21H23ClN2O3S. The number of nitrogens with zero attached hydrogens (tertiary/aromatic N) is 1. The minimum Gasteiger partial charge on any atom is -0.489 e. The lowest BCUT2D eigenvalue weighted by Crippen LogP contribution is -2.24. The van der Waals surface area contributed by atoms with E-state index in [2.05, 4.69) is 10.3 Å². The van der Waals surface area contributed by atoms with E-state index < -0.39 is 0 Å². The number of benzene rings is 1. The van der Waals surface area contributed by atoms with Gasteiger partial charge in [-0.25, -0.2) is 4.98 Å². The van der Waals surface area contributed by atoms with Crippen LogP contribution in [0.1, 0.15) is 48.0 Å². The predicted molar refractivity (Wildman–Crippen MR) is 111 cm³/mol. The van der Waals surface area contributed by atoms with Gasteiger partial charge in [0.25, 0.3) is 5.91 Å². The van der Waals surface area contributed by atoms with Gasteiger partial charge in [0.05, 0.1) is 23.8 Å². The molecule has 0 unspecified atom stereocenters. The van der Waals surface area contributed by atoms with Crippen molar-refractivity contribution in [2.75, 3.05) is 13.2 Å². The summed E-state index contributed by atoms with van der Waals surface area (Å²) >= 11 is 8.06. The third kappa shape index (κ3) is 4.55. The number of rotatable bonds is 5. The molecule has 1 aliphatic carbocycles. The van der Waals surface area contributed by atoms with Crippen LogP contribution in [-0.4, -0.2) is 29.4 Å². The largest absolute Gasteiger partial charge is 0.489 e. The second kappa shape index (κ2) is 9.05. The molecule has 1 aliphatic heterocycles. The van der Waals surface area contributed by atoms with Crippen molar-refractivity contribution in [1.82, 2.24) is 10.3 Å². The topological polar surface area (TPSA) is 60.5 Å². The Bertz CT molecular complexity index is 856. The third-order valence-electron chi connectivity index (χ3n) is 4.91. The van der Waals surface area contributed by atoms with Crippen molar-refractivity contribution in [2.24, 2.45) is 0 Å². The molecule has 1 aromatic heterocycles. The summed E-state index contributed by atoms with van der Waals surface area (Å²) in [5.41, 5.74) is 1.50. The summed E-state index contributed by atoms with van der Waals surface area (Å²) in [4.78, 5) is 17.2. The van der Waals surface area contributed by atoms with Crippen LogP contribution in [0.25, 0.3) is 0 Å². The van der Waals surface area contributed by atoms with Crippen LogP contribution in [0.4, 0.5) is 0 Å². The molecular weight excluding hydrogens is 396 g/mol. The van der Waals surface area contributed by atoms with Crippen molar-refractivity contribution in [2.45, 2.75) is 48.9 Å². The molecule has 0 saturated heterocycles. The SMILES string of the molecule is O=C(NCc1cc(Cl)c2c(c1)OCCCO2)c1cccnc1SC1CCCC1. The zero-order valence-electron chi connectivity index (χ0n) is 15.6. The summed E-state index contributed by atoms with van der Waals surface area (Å²) in [7, 11) is 0. The van der Waals surface area contributed by atoms with Crippen molar-refractivity contribution in [3.8, 4) is 11.5 Å². The molecule has 1 aromatic carbocycles. The van der Waals surface area contributed by atoms with Gasteiger partial charge in [-0.05, 0) is 42.7 Å². The van der Waals surface area contributed by atoms with Gasteiger partial charge in [-0.3, -0.25) is 4.79 Å². The zero-order chi connectivity index (χ0) is 19.3. The molecule has 0 bridgehead atoms. The number of carbonyl (C=O) groups is 1. The van der Waals surface area contributed by atoms with E-state index in [0.29, 0.717) is 47.1 Å². The molecule has 0 spiro atoms. The summed E-state index contributed by atoms with van der Waals surface area (Å²) in [6.45, 7) is 1.54. The van der Waals surface area contributed by atoms with Crippen LogP contribution in [0.2, 0.25) is 5.02 Å². The maximum absolute atomic E-state index is 12.8. The Kier molecular flexibility index (Phi) is 6.27. The molecule has 0 radical (unpaired) electrons. The maximum atomic E-state index is 12.8. The van der Waals surface area contributed by atoms with Crippen LogP contribution >= 0.6 is 23.4 Å². The first-order chi connectivity index (χ1) is 13.7. The lowest BCUT2D eigenvalue weighted by molar-refractivity contribution is 0.0947. The van der Waals surface area contributed by atoms with Crippen molar-refractivity contribution in [1.29, 1.82) is 0 Å². The van der Waals surface area contributed by atoms with E-state index >= 15 is 0 Å². The number of pyridine rings is 1. The molecule has 0 atom stereocenters. The van der Waals surface area contributed by atoms with Crippen molar-refractivity contribution in [3.05, 3.63) is 46.6 Å². The van der Waals surface area contributed by atoms with Gasteiger partial charge < -0.3 is 14.8 Å². The van der Waals surface area contributed by atoms with Crippen LogP contribution in [0.5, 0.6) is 11.5 Å². The summed E-state index contributed by atoms with van der Waals surface area (Å²) in [6, 6.07) is 7.33. The van der Waals surface area contributed by atoms with Gasteiger partial charge in [0.2, 0.25) is 0 Å². The molecule has 1 fully saturated rings. The van der Waals surface area contributed by atoms with Crippen molar-refractivity contribution >= 4 is 29.3 Å². The first-order valence-electron chi connectivity index (χ1n) is 9.68. The number of fused-ring (bicyclic) bond motifs is 1. The number of aromatic nitrogens is 1.